The predicted molar refractivity (Wildman–Crippen MR) is 163 cm³/mol. The summed E-state index contributed by atoms with van der Waals surface area (Å²) in [6.07, 6.45) is 0. The molecular weight excluding hydrogens is 607 g/mol. The van der Waals surface area contributed by atoms with Gasteiger partial charge >= 0.3 is 0 Å². The summed E-state index contributed by atoms with van der Waals surface area (Å²) in [5, 5.41) is 2.66. The van der Waals surface area contributed by atoms with Crippen molar-refractivity contribution < 1.29 is 19.2 Å². The third-order valence-electron chi connectivity index (χ3n) is 8.89. The van der Waals surface area contributed by atoms with Gasteiger partial charge in [-0.15, -0.1) is 0 Å². The summed E-state index contributed by atoms with van der Waals surface area (Å²) in [7, 11) is 0. The second kappa shape index (κ2) is 10.3. The van der Waals surface area contributed by atoms with E-state index in [0.29, 0.717) is 10.0 Å². The van der Waals surface area contributed by atoms with E-state index in [4.69, 9.17) is 34.8 Å². The van der Waals surface area contributed by atoms with Gasteiger partial charge in [-0.2, -0.15) is 5.01 Å². The Hall–Kier alpha value is -3.97. The van der Waals surface area contributed by atoms with E-state index < -0.39 is 41.4 Å². The molecule has 0 saturated carbocycles. The highest BCUT2D eigenvalue weighted by atomic mass is 35.5. The van der Waals surface area contributed by atoms with E-state index >= 15 is 0 Å². The fourth-order valence-electron chi connectivity index (χ4n) is 7.07. The Bertz CT molecular complexity index is 1740. The molecule has 4 aliphatic rings. The lowest BCUT2D eigenvalue weighted by Crippen LogP contribution is -2.56. The molecule has 8 rings (SSSR count). The molecule has 214 valence electrons. The van der Waals surface area contributed by atoms with Gasteiger partial charge in [-0.25, -0.2) is 5.01 Å². The van der Waals surface area contributed by atoms with Crippen LogP contribution in [-0.4, -0.2) is 39.6 Å². The molecule has 1 aliphatic heterocycles. The summed E-state index contributed by atoms with van der Waals surface area (Å²) in [4.78, 5) is 57.1. The van der Waals surface area contributed by atoms with Crippen molar-refractivity contribution in [1.29, 1.82) is 0 Å². The number of ketones is 1. The Balaban J connectivity index is 1.37. The quantitative estimate of drug-likeness (QED) is 0.173. The number of hydrazine groups is 1. The Morgan fingerprint density at radius 2 is 1.16 bits per heavy atom. The minimum atomic E-state index is -1.24. The van der Waals surface area contributed by atoms with E-state index in [9.17, 15) is 19.2 Å². The monoisotopic (exact) mass is 628 g/mol. The fourth-order valence-corrected chi connectivity index (χ4v) is 7.68. The standard InChI is InChI=1S/C34H23Cl3N2O4/c1-17(31(40)18-10-12-19(35)13-11-18)38(32(41)25-15-14-20(36)16-26(25)37)39-33(42)29-27-21-6-2-3-7-22(21)28(30(29)34(39)43)24-9-5-4-8-23(24)27/h2-17,27-30H,1H3/t17-,27?,28?,29+,30+/m1/s1. The molecule has 3 atom stereocenters. The first-order valence-electron chi connectivity index (χ1n) is 13.8. The maximum Gasteiger partial charge on any atom is 0.275 e. The summed E-state index contributed by atoms with van der Waals surface area (Å²) in [5.41, 5.74) is 4.28. The first kappa shape index (κ1) is 27.8. The van der Waals surface area contributed by atoms with Gasteiger partial charge < -0.3 is 0 Å². The van der Waals surface area contributed by atoms with E-state index in [1.54, 1.807) is 24.3 Å². The minimum Gasteiger partial charge on any atom is -0.292 e. The lowest BCUT2D eigenvalue weighted by atomic mass is 9.55. The number of benzene rings is 4. The molecule has 1 heterocycles. The molecule has 0 spiro atoms. The number of imide groups is 1. The van der Waals surface area contributed by atoms with E-state index in [-0.39, 0.29) is 28.0 Å². The molecule has 1 fully saturated rings. The lowest BCUT2D eigenvalue weighted by Gasteiger charge is -2.45. The molecule has 0 unspecified atom stereocenters. The van der Waals surface area contributed by atoms with Crippen molar-refractivity contribution in [1.82, 2.24) is 10.0 Å². The average Bonchev–Trinajstić information content (AvgIpc) is 3.27. The average molecular weight is 630 g/mol. The van der Waals surface area contributed by atoms with Crippen molar-refractivity contribution in [2.24, 2.45) is 11.8 Å². The zero-order chi connectivity index (χ0) is 30.2. The maximum atomic E-state index is 14.5. The summed E-state index contributed by atoms with van der Waals surface area (Å²) in [6.45, 7) is 1.50. The van der Waals surface area contributed by atoms with Crippen LogP contribution in [0.25, 0.3) is 0 Å². The van der Waals surface area contributed by atoms with Gasteiger partial charge in [0.25, 0.3) is 17.7 Å². The van der Waals surface area contributed by atoms with E-state index in [2.05, 4.69) is 0 Å². The number of carbonyl (C=O) groups excluding carboxylic acids is 4. The maximum absolute atomic E-state index is 14.5. The molecule has 4 aromatic carbocycles. The van der Waals surface area contributed by atoms with Crippen LogP contribution in [-0.2, 0) is 9.59 Å². The van der Waals surface area contributed by atoms with Crippen molar-refractivity contribution in [2.75, 3.05) is 0 Å². The number of Topliss-reactive ketones (excluding diaryl/α,β-unsaturated/α-hetero) is 1. The number of amides is 3. The molecule has 0 radical (unpaired) electrons. The van der Waals surface area contributed by atoms with Crippen LogP contribution in [0.2, 0.25) is 15.1 Å². The van der Waals surface area contributed by atoms with Crippen LogP contribution in [0.15, 0.2) is 91.0 Å². The number of nitrogens with zero attached hydrogens (tertiary/aromatic N) is 2. The zero-order valence-corrected chi connectivity index (χ0v) is 25.0. The number of carbonyl (C=O) groups is 4. The molecule has 4 aromatic rings. The largest absolute Gasteiger partial charge is 0.292 e. The number of hydrogen-bond donors (Lipinski definition) is 0. The van der Waals surface area contributed by atoms with Crippen LogP contribution < -0.4 is 0 Å². The third kappa shape index (κ3) is 4.15. The zero-order valence-electron chi connectivity index (χ0n) is 22.7. The molecule has 9 heteroatoms. The van der Waals surface area contributed by atoms with Gasteiger partial charge in [-0.1, -0.05) is 83.3 Å². The van der Waals surface area contributed by atoms with Crippen LogP contribution >= 0.6 is 34.8 Å². The molecule has 2 bridgehead atoms. The van der Waals surface area contributed by atoms with Crippen LogP contribution in [0, 0.1) is 11.8 Å². The van der Waals surface area contributed by atoms with Crippen molar-refractivity contribution in [3.63, 3.8) is 0 Å². The molecule has 3 aliphatic carbocycles. The van der Waals surface area contributed by atoms with E-state index in [1.165, 1.54) is 25.1 Å². The predicted octanol–water partition coefficient (Wildman–Crippen LogP) is 7.17. The summed E-state index contributed by atoms with van der Waals surface area (Å²) in [5.74, 6) is -4.51. The second-order valence-electron chi connectivity index (χ2n) is 11.1. The number of halogens is 3. The topological polar surface area (TPSA) is 74.8 Å². The Morgan fingerprint density at radius 3 is 1.63 bits per heavy atom. The molecule has 1 saturated heterocycles. The van der Waals surface area contributed by atoms with E-state index in [1.807, 2.05) is 48.5 Å². The van der Waals surface area contributed by atoms with Gasteiger partial charge in [0.15, 0.2) is 5.78 Å². The molecule has 3 amide bonds. The molecule has 0 N–H and O–H groups in total. The molecular formula is C34H23Cl3N2O4. The summed E-state index contributed by atoms with van der Waals surface area (Å²) in [6, 6.07) is 25.0. The Labute approximate surface area is 262 Å². The highest BCUT2D eigenvalue weighted by Gasteiger charge is 2.63. The van der Waals surface area contributed by atoms with Crippen LogP contribution in [0.4, 0.5) is 0 Å². The Kier molecular flexibility index (Phi) is 6.69. The van der Waals surface area contributed by atoms with Crippen molar-refractivity contribution in [3.05, 3.63) is 139 Å². The fraction of sp³-hybridized carbons (Fsp3) is 0.176. The second-order valence-corrected chi connectivity index (χ2v) is 12.4. The van der Waals surface area contributed by atoms with Gasteiger partial charge in [0.05, 0.1) is 22.4 Å². The van der Waals surface area contributed by atoms with Gasteiger partial charge in [0, 0.05) is 27.4 Å². The van der Waals surface area contributed by atoms with Crippen LogP contribution in [0.3, 0.4) is 0 Å². The van der Waals surface area contributed by atoms with Crippen molar-refractivity contribution >= 4 is 58.3 Å². The normalized spacial score (nSPS) is 22.1. The lowest BCUT2D eigenvalue weighted by molar-refractivity contribution is -0.156. The first-order valence-corrected chi connectivity index (χ1v) is 15.0. The SMILES string of the molecule is C[C@H](C(=O)c1ccc(Cl)cc1)N(C(=O)c1ccc(Cl)cc1Cl)N1C(=O)[C@H]2C3c4ccccc4C(c4ccccc43)[C@@H]2C1=O. The van der Waals surface area contributed by atoms with Crippen molar-refractivity contribution in [3.8, 4) is 0 Å². The highest BCUT2D eigenvalue weighted by Crippen LogP contribution is 2.61. The number of rotatable bonds is 5. The number of hydrogen-bond acceptors (Lipinski definition) is 4. The first-order chi connectivity index (χ1) is 20.7. The highest BCUT2D eigenvalue weighted by molar-refractivity contribution is 6.37. The molecule has 43 heavy (non-hydrogen) atoms. The molecule has 6 nitrogen and oxygen atoms in total. The van der Waals surface area contributed by atoms with E-state index in [0.717, 1.165) is 32.3 Å². The van der Waals surface area contributed by atoms with Gasteiger partial charge in [-0.3, -0.25) is 19.2 Å². The Morgan fingerprint density at radius 1 is 0.698 bits per heavy atom. The van der Waals surface area contributed by atoms with Crippen molar-refractivity contribution in [2.45, 2.75) is 24.8 Å². The van der Waals surface area contributed by atoms with Gasteiger partial charge in [0.2, 0.25) is 0 Å². The smallest absolute Gasteiger partial charge is 0.275 e. The van der Waals surface area contributed by atoms with Gasteiger partial charge in [0.1, 0.15) is 6.04 Å². The summed E-state index contributed by atoms with van der Waals surface area (Å²) >= 11 is 18.6. The minimum absolute atomic E-state index is 0.00633. The molecule has 0 aromatic heterocycles. The van der Waals surface area contributed by atoms with Crippen LogP contribution in [0.1, 0.15) is 61.7 Å². The van der Waals surface area contributed by atoms with Crippen LogP contribution in [0.5, 0.6) is 0 Å². The van der Waals surface area contributed by atoms with Gasteiger partial charge in [-0.05, 0) is 71.6 Å². The summed E-state index contributed by atoms with van der Waals surface area (Å²) < 4.78 is 0. The third-order valence-corrected chi connectivity index (χ3v) is 9.69.